The van der Waals surface area contributed by atoms with E-state index in [9.17, 15) is 0 Å². The second-order valence-corrected chi connectivity index (χ2v) is 13.1. The Balaban J connectivity index is 0.00000650. The lowest BCUT2D eigenvalue weighted by Gasteiger charge is -2.37. The van der Waals surface area contributed by atoms with Crippen LogP contribution in [0.15, 0.2) is 109 Å². The largest absolute Gasteiger partial charge is 1.00 e. The molecule has 0 saturated heterocycles. The number of nitrogens with zero attached hydrogens (tertiary/aromatic N) is 2. The number of rotatable bonds is 20. The molecule has 0 atom stereocenters. The average Bonchev–Trinajstić information content (AvgIpc) is 3.14. The van der Waals surface area contributed by atoms with E-state index in [1.54, 1.807) is 0 Å². The van der Waals surface area contributed by atoms with Crippen LogP contribution in [0, 0.1) is 0 Å². The number of likely N-dealkylation sites (N-methyl/N-ethyl adjacent to an activating group) is 2. The van der Waals surface area contributed by atoms with E-state index in [1.807, 2.05) is 0 Å². The van der Waals surface area contributed by atoms with Gasteiger partial charge in [-0.1, -0.05) is 98.8 Å². The van der Waals surface area contributed by atoms with Crippen LogP contribution in [0.25, 0.3) is 11.1 Å². The van der Waals surface area contributed by atoms with Crippen molar-refractivity contribution in [1.82, 2.24) is 0 Å². The fourth-order valence-corrected chi connectivity index (χ4v) is 7.03. The van der Waals surface area contributed by atoms with Gasteiger partial charge in [0.25, 0.3) is 0 Å². The number of hydrogen-bond acceptors (Lipinski definition) is 2. The molecule has 264 valence electrons. The van der Waals surface area contributed by atoms with E-state index < -0.39 is 0 Å². The summed E-state index contributed by atoms with van der Waals surface area (Å²) in [6, 6.07) is 39.2. The van der Waals surface area contributed by atoms with Gasteiger partial charge in [0.2, 0.25) is 0 Å². The summed E-state index contributed by atoms with van der Waals surface area (Å²) >= 11 is 0. The molecule has 0 aliphatic rings. The number of halogens is 1. The van der Waals surface area contributed by atoms with Gasteiger partial charge in [-0.05, 0) is 87.1 Å². The van der Waals surface area contributed by atoms with E-state index in [4.69, 9.17) is 9.47 Å². The molecule has 0 radical (unpaired) electrons. The SMILES string of the molecule is CC/C(=C(\CC)c1ccc(OCC[N+](CC)(CC)Cc2ccccc2)cc1)c1ccc(OCC[N+](CC)(CC)Cc2ccccc2)cc1.[I-]. The molecule has 0 bridgehead atoms. The zero-order chi connectivity index (χ0) is 34.2. The molecule has 0 spiro atoms. The normalized spacial score (nSPS) is 12.2. The minimum atomic E-state index is 0. The first kappa shape index (κ1) is 40.3. The molecule has 4 nitrogen and oxygen atoms in total. The van der Waals surface area contributed by atoms with Crippen molar-refractivity contribution in [2.75, 3.05) is 52.5 Å². The fraction of sp³-hybridized carbons (Fsp3) is 0.409. The van der Waals surface area contributed by atoms with E-state index in [0.717, 1.165) is 85.7 Å². The number of quaternary nitrogens is 2. The van der Waals surface area contributed by atoms with E-state index >= 15 is 0 Å². The average molecular weight is 776 g/mol. The number of hydrogen-bond donors (Lipinski definition) is 0. The van der Waals surface area contributed by atoms with Gasteiger partial charge >= 0.3 is 0 Å². The Kier molecular flexibility index (Phi) is 16.9. The third kappa shape index (κ3) is 11.4. The Morgan fingerprint density at radius 2 is 0.776 bits per heavy atom. The maximum absolute atomic E-state index is 6.31. The summed E-state index contributed by atoms with van der Waals surface area (Å²) in [4.78, 5) is 0. The van der Waals surface area contributed by atoms with E-state index in [-0.39, 0.29) is 24.0 Å². The predicted octanol–water partition coefficient (Wildman–Crippen LogP) is 7.29. The molecule has 5 heteroatoms. The minimum absolute atomic E-state index is 0. The smallest absolute Gasteiger partial charge is 0.137 e. The van der Waals surface area contributed by atoms with Crippen molar-refractivity contribution in [1.29, 1.82) is 0 Å². The first-order valence-corrected chi connectivity index (χ1v) is 18.4. The molecular weight excluding hydrogens is 715 g/mol. The van der Waals surface area contributed by atoms with Crippen LogP contribution in [0.3, 0.4) is 0 Å². The molecule has 0 saturated carbocycles. The van der Waals surface area contributed by atoms with Crippen LogP contribution in [0.2, 0.25) is 0 Å². The molecule has 0 amide bonds. The van der Waals surface area contributed by atoms with Gasteiger partial charge in [-0.3, -0.25) is 0 Å². The quantitative estimate of drug-likeness (QED) is 0.0534. The highest BCUT2D eigenvalue weighted by atomic mass is 127. The van der Waals surface area contributed by atoms with E-state index in [0.29, 0.717) is 13.2 Å². The minimum Gasteiger partial charge on any atom is -1.00 e. The molecule has 0 aromatic heterocycles. The topological polar surface area (TPSA) is 18.5 Å². The molecule has 4 aromatic rings. The molecular formula is C44H60IN2O2+. The third-order valence-electron chi connectivity index (χ3n) is 10.6. The fourth-order valence-electron chi connectivity index (χ4n) is 7.03. The molecule has 0 aliphatic carbocycles. The van der Waals surface area contributed by atoms with Crippen LogP contribution < -0.4 is 33.5 Å². The van der Waals surface area contributed by atoms with Gasteiger partial charge < -0.3 is 42.4 Å². The standard InChI is InChI=1S/C44H60N2O2.HI/c1-7-43(39-23-27-41(28-24-39)47-33-31-45(9-3,10-4)35-37-19-15-13-16-20-37)44(8-2)40-25-29-42(30-26-40)48-34-32-46(11-5,12-6)36-38-21-17-14-18-22-38;/h13-30H,7-12,31-36H2,1-6H3;1H/q+2;/p-1/b44-43-;. The molecule has 0 aliphatic heterocycles. The Labute approximate surface area is 315 Å². The van der Waals surface area contributed by atoms with Crippen molar-refractivity contribution >= 4 is 11.1 Å². The van der Waals surface area contributed by atoms with Crippen molar-refractivity contribution < 1.29 is 42.4 Å². The van der Waals surface area contributed by atoms with Crippen LogP contribution in [0.1, 0.15) is 76.6 Å². The Morgan fingerprint density at radius 1 is 0.449 bits per heavy atom. The predicted molar refractivity (Wildman–Crippen MR) is 204 cm³/mol. The number of ether oxygens (including phenoxy) is 2. The van der Waals surface area contributed by atoms with Crippen molar-refractivity contribution in [2.45, 2.75) is 67.5 Å². The molecule has 0 heterocycles. The lowest BCUT2D eigenvalue weighted by molar-refractivity contribution is -0.937. The Morgan fingerprint density at radius 3 is 1.06 bits per heavy atom. The van der Waals surface area contributed by atoms with Crippen molar-refractivity contribution in [3.63, 3.8) is 0 Å². The second-order valence-electron chi connectivity index (χ2n) is 13.1. The number of benzene rings is 4. The zero-order valence-electron chi connectivity index (χ0n) is 31.0. The van der Waals surface area contributed by atoms with Crippen molar-refractivity contribution in [2.24, 2.45) is 0 Å². The summed E-state index contributed by atoms with van der Waals surface area (Å²) in [6.45, 7) is 23.6. The maximum Gasteiger partial charge on any atom is 0.137 e. The molecule has 4 rings (SSSR count). The van der Waals surface area contributed by atoms with Crippen LogP contribution in [0.5, 0.6) is 11.5 Å². The zero-order valence-corrected chi connectivity index (χ0v) is 33.1. The van der Waals surface area contributed by atoms with Crippen LogP contribution in [-0.4, -0.2) is 61.4 Å². The van der Waals surface area contributed by atoms with E-state index in [2.05, 4.69) is 151 Å². The Bertz CT molecular complexity index is 1390. The number of allylic oxidation sites excluding steroid dienone is 2. The van der Waals surface area contributed by atoms with Gasteiger partial charge in [0.1, 0.15) is 50.9 Å². The van der Waals surface area contributed by atoms with Crippen LogP contribution >= 0.6 is 0 Å². The molecule has 4 aromatic carbocycles. The van der Waals surface area contributed by atoms with Crippen LogP contribution in [-0.2, 0) is 13.1 Å². The summed E-state index contributed by atoms with van der Waals surface area (Å²) in [5.41, 5.74) is 8.10. The summed E-state index contributed by atoms with van der Waals surface area (Å²) in [7, 11) is 0. The summed E-state index contributed by atoms with van der Waals surface area (Å²) in [5, 5.41) is 0. The van der Waals surface area contributed by atoms with Gasteiger partial charge in [-0.25, -0.2) is 0 Å². The Hall–Kier alpha value is -3.13. The summed E-state index contributed by atoms with van der Waals surface area (Å²) < 4.78 is 14.7. The van der Waals surface area contributed by atoms with Gasteiger partial charge in [0, 0.05) is 11.1 Å². The molecule has 0 unspecified atom stereocenters. The van der Waals surface area contributed by atoms with Crippen molar-refractivity contribution in [3.05, 3.63) is 131 Å². The van der Waals surface area contributed by atoms with Gasteiger partial charge in [0.15, 0.2) is 0 Å². The lowest BCUT2D eigenvalue weighted by atomic mass is 9.91. The molecule has 0 N–H and O–H groups in total. The third-order valence-corrected chi connectivity index (χ3v) is 10.6. The lowest BCUT2D eigenvalue weighted by Crippen LogP contribution is -3.00. The van der Waals surface area contributed by atoms with E-state index in [1.165, 1.54) is 33.4 Å². The van der Waals surface area contributed by atoms with Crippen LogP contribution in [0.4, 0.5) is 0 Å². The van der Waals surface area contributed by atoms with Crippen molar-refractivity contribution in [3.8, 4) is 11.5 Å². The second kappa shape index (κ2) is 20.5. The molecule has 0 fully saturated rings. The van der Waals surface area contributed by atoms with Gasteiger partial charge in [-0.15, -0.1) is 0 Å². The summed E-state index contributed by atoms with van der Waals surface area (Å²) in [5.74, 6) is 1.88. The van der Waals surface area contributed by atoms with Gasteiger partial charge in [-0.2, -0.15) is 0 Å². The highest BCUT2D eigenvalue weighted by Gasteiger charge is 2.25. The first-order chi connectivity index (χ1) is 23.4. The highest BCUT2D eigenvalue weighted by Crippen LogP contribution is 2.33. The highest BCUT2D eigenvalue weighted by molar-refractivity contribution is 5.90. The van der Waals surface area contributed by atoms with Gasteiger partial charge in [0.05, 0.1) is 26.2 Å². The molecule has 49 heavy (non-hydrogen) atoms. The first-order valence-electron chi connectivity index (χ1n) is 18.4. The monoisotopic (exact) mass is 775 g/mol. The maximum atomic E-state index is 6.31. The summed E-state index contributed by atoms with van der Waals surface area (Å²) in [6.07, 6.45) is 1.95.